The minimum Gasteiger partial charge on any atom is -0.316 e. The Morgan fingerprint density at radius 1 is 1.38 bits per heavy atom. The summed E-state index contributed by atoms with van der Waals surface area (Å²) in [4.78, 5) is 0. The van der Waals surface area contributed by atoms with Crippen LogP contribution in [-0.2, 0) is 6.42 Å². The maximum Gasteiger partial charge on any atom is 0.123 e. The minimum atomic E-state index is -0.0983. The van der Waals surface area contributed by atoms with E-state index in [0.717, 1.165) is 6.42 Å². The zero-order valence-electron chi connectivity index (χ0n) is 10.0. The lowest BCUT2D eigenvalue weighted by Gasteiger charge is -2.56. The van der Waals surface area contributed by atoms with Gasteiger partial charge in [0.05, 0.1) is 0 Å². The lowest BCUT2D eigenvalue weighted by Crippen LogP contribution is -2.60. The van der Waals surface area contributed by atoms with Crippen LogP contribution in [0.3, 0.4) is 0 Å². The van der Waals surface area contributed by atoms with Crippen LogP contribution in [0, 0.1) is 17.2 Å². The summed E-state index contributed by atoms with van der Waals surface area (Å²) in [5.74, 6) is 1.18. The Kier molecular flexibility index (Phi) is 1.97. The van der Waals surface area contributed by atoms with E-state index in [0.29, 0.717) is 23.3 Å². The lowest BCUT2D eigenvalue weighted by atomic mass is 9.52. The molecule has 0 amide bonds. The number of fused-ring (bicyclic) bond motifs is 3. The number of hydrogen-bond acceptors (Lipinski definition) is 1. The van der Waals surface area contributed by atoms with Crippen molar-refractivity contribution < 1.29 is 4.39 Å². The van der Waals surface area contributed by atoms with Gasteiger partial charge in [0.2, 0.25) is 0 Å². The summed E-state index contributed by atoms with van der Waals surface area (Å²) in [5, 5.41) is 3.42. The molecule has 0 aliphatic heterocycles. The van der Waals surface area contributed by atoms with E-state index < -0.39 is 0 Å². The van der Waals surface area contributed by atoms with E-state index in [-0.39, 0.29) is 5.82 Å². The average molecular weight is 219 g/mol. The van der Waals surface area contributed by atoms with Crippen molar-refractivity contribution in [2.45, 2.75) is 32.2 Å². The molecule has 0 spiro atoms. The summed E-state index contributed by atoms with van der Waals surface area (Å²) in [7, 11) is 2.03. The highest BCUT2D eigenvalue weighted by Gasteiger charge is 2.58. The highest BCUT2D eigenvalue weighted by molar-refractivity contribution is 5.43. The van der Waals surface area contributed by atoms with Gasteiger partial charge in [0.15, 0.2) is 0 Å². The summed E-state index contributed by atoms with van der Waals surface area (Å²) < 4.78 is 13.2. The van der Waals surface area contributed by atoms with Gasteiger partial charge in [-0.3, -0.25) is 0 Å². The van der Waals surface area contributed by atoms with Crippen molar-refractivity contribution in [3.63, 3.8) is 0 Å². The molecule has 0 bridgehead atoms. The molecular weight excluding hydrogens is 201 g/mol. The fraction of sp³-hybridized carbons (Fsp3) is 0.571. The first-order valence-corrected chi connectivity index (χ1v) is 6.01. The van der Waals surface area contributed by atoms with E-state index >= 15 is 0 Å². The van der Waals surface area contributed by atoms with E-state index in [1.54, 1.807) is 12.1 Å². The molecule has 1 fully saturated rings. The summed E-state index contributed by atoms with van der Waals surface area (Å²) in [5.41, 5.74) is 2.89. The van der Waals surface area contributed by atoms with Crippen molar-refractivity contribution in [3.05, 3.63) is 35.1 Å². The standard InChI is InChI=1S/C14H18FN/c1-14(2)12-10-5-4-9(15)6-8(10)7-11(12)13(14)16-3/h4-6,11-13,16H,7H2,1-3H3. The SMILES string of the molecule is CNC1C2Cc3cc(F)ccc3C2C1(C)C. The second kappa shape index (κ2) is 3.07. The monoisotopic (exact) mass is 219 g/mol. The van der Waals surface area contributed by atoms with Crippen LogP contribution in [0.1, 0.15) is 30.9 Å². The molecule has 0 radical (unpaired) electrons. The van der Waals surface area contributed by atoms with Gasteiger partial charge in [-0.15, -0.1) is 0 Å². The molecule has 86 valence electrons. The first kappa shape index (κ1) is 10.3. The molecule has 2 aliphatic carbocycles. The molecule has 1 saturated carbocycles. The maximum absolute atomic E-state index is 13.2. The Hall–Kier alpha value is -0.890. The highest BCUT2D eigenvalue weighted by atomic mass is 19.1. The van der Waals surface area contributed by atoms with Gasteiger partial charge in [0.25, 0.3) is 0 Å². The van der Waals surface area contributed by atoms with E-state index in [9.17, 15) is 4.39 Å². The molecule has 16 heavy (non-hydrogen) atoms. The topological polar surface area (TPSA) is 12.0 Å². The lowest BCUT2D eigenvalue weighted by molar-refractivity contribution is 0.00663. The molecule has 3 rings (SSSR count). The molecule has 3 atom stereocenters. The number of benzene rings is 1. The molecule has 1 nitrogen and oxygen atoms in total. The second-order valence-corrected chi connectivity index (χ2v) is 5.78. The Balaban J connectivity index is 2.03. The zero-order chi connectivity index (χ0) is 11.5. The molecule has 2 aliphatic rings. The molecule has 0 aromatic heterocycles. The number of nitrogens with one attached hydrogen (secondary N) is 1. The van der Waals surface area contributed by atoms with Gasteiger partial charge >= 0.3 is 0 Å². The number of rotatable bonds is 1. The van der Waals surface area contributed by atoms with Crippen molar-refractivity contribution >= 4 is 0 Å². The quantitative estimate of drug-likeness (QED) is 0.765. The summed E-state index contributed by atoms with van der Waals surface area (Å²) in [6, 6.07) is 5.87. The normalized spacial score (nSPS) is 34.1. The van der Waals surface area contributed by atoms with Crippen molar-refractivity contribution in [2.75, 3.05) is 7.05 Å². The number of hydrogen-bond donors (Lipinski definition) is 1. The first-order chi connectivity index (χ1) is 7.55. The zero-order valence-corrected chi connectivity index (χ0v) is 10.0. The third kappa shape index (κ3) is 1.08. The Labute approximate surface area is 96.1 Å². The van der Waals surface area contributed by atoms with E-state index in [2.05, 4.69) is 19.2 Å². The molecule has 3 unspecified atom stereocenters. The summed E-state index contributed by atoms with van der Waals surface area (Å²) >= 11 is 0. The molecule has 2 heteroatoms. The summed E-state index contributed by atoms with van der Waals surface area (Å²) in [6.45, 7) is 4.63. The van der Waals surface area contributed by atoms with Gasteiger partial charge in [-0.2, -0.15) is 0 Å². The van der Waals surface area contributed by atoms with Gasteiger partial charge in [-0.25, -0.2) is 4.39 Å². The van der Waals surface area contributed by atoms with Gasteiger partial charge < -0.3 is 5.32 Å². The van der Waals surface area contributed by atoms with Crippen LogP contribution in [0.2, 0.25) is 0 Å². The highest BCUT2D eigenvalue weighted by Crippen LogP contribution is 2.61. The van der Waals surface area contributed by atoms with Gasteiger partial charge in [0.1, 0.15) is 5.82 Å². The molecule has 1 N–H and O–H groups in total. The molecule has 1 aromatic carbocycles. The van der Waals surface area contributed by atoms with Gasteiger partial charge in [-0.1, -0.05) is 19.9 Å². The van der Waals surface area contributed by atoms with Crippen LogP contribution < -0.4 is 5.32 Å². The van der Waals surface area contributed by atoms with Gasteiger partial charge in [0, 0.05) is 6.04 Å². The van der Waals surface area contributed by atoms with Crippen molar-refractivity contribution in [2.24, 2.45) is 11.3 Å². The van der Waals surface area contributed by atoms with Crippen LogP contribution in [0.5, 0.6) is 0 Å². The van der Waals surface area contributed by atoms with Gasteiger partial charge in [-0.05, 0) is 54.0 Å². The van der Waals surface area contributed by atoms with Crippen LogP contribution in [0.4, 0.5) is 4.39 Å². The predicted octanol–water partition coefficient (Wildman–Crippen LogP) is 2.71. The third-order valence-corrected chi connectivity index (χ3v) is 4.67. The average Bonchev–Trinajstić information content (AvgIpc) is 2.53. The van der Waals surface area contributed by atoms with E-state index in [4.69, 9.17) is 0 Å². The van der Waals surface area contributed by atoms with Crippen LogP contribution >= 0.6 is 0 Å². The van der Waals surface area contributed by atoms with Crippen LogP contribution in [0.25, 0.3) is 0 Å². The Morgan fingerprint density at radius 3 is 2.81 bits per heavy atom. The maximum atomic E-state index is 13.2. The van der Waals surface area contributed by atoms with Crippen molar-refractivity contribution in [1.29, 1.82) is 0 Å². The molecule has 1 aromatic rings. The smallest absolute Gasteiger partial charge is 0.123 e. The second-order valence-electron chi connectivity index (χ2n) is 5.78. The van der Waals surface area contributed by atoms with E-state index in [1.807, 2.05) is 13.1 Å². The Morgan fingerprint density at radius 2 is 2.12 bits per heavy atom. The summed E-state index contributed by atoms with van der Waals surface area (Å²) in [6.07, 6.45) is 1.03. The molecular formula is C14H18FN. The van der Waals surface area contributed by atoms with Crippen molar-refractivity contribution in [1.82, 2.24) is 5.32 Å². The fourth-order valence-electron chi connectivity index (χ4n) is 4.13. The number of halogens is 1. The predicted molar refractivity (Wildman–Crippen MR) is 63.0 cm³/mol. The van der Waals surface area contributed by atoms with E-state index in [1.165, 1.54) is 11.1 Å². The minimum absolute atomic E-state index is 0.0983. The fourth-order valence-corrected chi connectivity index (χ4v) is 4.13. The third-order valence-electron chi connectivity index (χ3n) is 4.67. The van der Waals surface area contributed by atoms with Crippen LogP contribution in [-0.4, -0.2) is 13.1 Å². The largest absolute Gasteiger partial charge is 0.316 e. The van der Waals surface area contributed by atoms with Crippen LogP contribution in [0.15, 0.2) is 18.2 Å². The Bertz CT molecular complexity index is 438. The molecule has 0 heterocycles. The van der Waals surface area contributed by atoms with Crippen molar-refractivity contribution in [3.8, 4) is 0 Å². The molecule has 0 saturated heterocycles. The first-order valence-electron chi connectivity index (χ1n) is 6.01.